The van der Waals surface area contributed by atoms with E-state index >= 15 is 0 Å². The lowest BCUT2D eigenvalue weighted by Crippen LogP contribution is -2.13. The molecule has 0 unspecified atom stereocenters. The molecule has 20 heavy (non-hydrogen) atoms. The van der Waals surface area contributed by atoms with Crippen molar-refractivity contribution >= 4 is 55.9 Å². The molecule has 1 aromatic heterocycles. The largest absolute Gasteiger partial charge is 0.307 e. The van der Waals surface area contributed by atoms with E-state index in [1.54, 1.807) is 18.3 Å². The molecule has 0 saturated carbocycles. The van der Waals surface area contributed by atoms with Crippen LogP contribution in [0.15, 0.2) is 41.0 Å². The number of nitrogens with zero attached hydrogens (tertiary/aromatic N) is 2. The third kappa shape index (κ3) is 3.73. The molecule has 1 aromatic carbocycles. The van der Waals surface area contributed by atoms with E-state index in [-0.39, 0.29) is 11.3 Å². The van der Waals surface area contributed by atoms with Gasteiger partial charge in [-0.3, -0.25) is 14.9 Å². The van der Waals surface area contributed by atoms with Gasteiger partial charge >= 0.3 is 0 Å². The number of non-ortho nitro benzene ring substituents is 1. The second-order valence-electron chi connectivity index (χ2n) is 3.77. The maximum absolute atomic E-state index is 12.0. The van der Waals surface area contributed by atoms with Crippen molar-refractivity contribution in [3.63, 3.8) is 0 Å². The minimum atomic E-state index is -0.551. The Labute approximate surface area is 136 Å². The minimum Gasteiger partial charge on any atom is -0.307 e. The van der Waals surface area contributed by atoms with Crippen LogP contribution in [0.4, 0.5) is 11.5 Å². The number of nitro benzene ring substituents is 1. The number of aromatic nitrogens is 1. The van der Waals surface area contributed by atoms with Gasteiger partial charge in [-0.05, 0) is 40.8 Å². The van der Waals surface area contributed by atoms with Gasteiger partial charge in [-0.15, -0.1) is 0 Å². The van der Waals surface area contributed by atoms with Gasteiger partial charge in [0.25, 0.3) is 11.6 Å². The SMILES string of the molecule is O=C(Nc1ccc(I)cn1)c1cc(Br)cc([N+](=O)[O-])c1. The molecule has 1 N–H and O–H groups in total. The van der Waals surface area contributed by atoms with Gasteiger partial charge in [0.15, 0.2) is 0 Å². The normalized spacial score (nSPS) is 10.1. The highest BCUT2D eigenvalue weighted by molar-refractivity contribution is 14.1. The minimum absolute atomic E-state index is 0.153. The van der Waals surface area contributed by atoms with E-state index in [1.807, 2.05) is 0 Å². The molecule has 2 rings (SSSR count). The van der Waals surface area contributed by atoms with Crippen LogP contribution in [0.1, 0.15) is 10.4 Å². The molecule has 0 aliphatic carbocycles. The zero-order chi connectivity index (χ0) is 14.7. The molecule has 0 aliphatic rings. The van der Waals surface area contributed by atoms with Crippen LogP contribution in [0.2, 0.25) is 0 Å². The van der Waals surface area contributed by atoms with Crippen molar-refractivity contribution in [3.05, 3.63) is 60.2 Å². The van der Waals surface area contributed by atoms with Gasteiger partial charge in [-0.2, -0.15) is 0 Å². The number of amides is 1. The van der Waals surface area contributed by atoms with Crippen molar-refractivity contribution in [1.29, 1.82) is 0 Å². The van der Waals surface area contributed by atoms with Crippen molar-refractivity contribution in [2.75, 3.05) is 5.32 Å². The molecule has 8 heteroatoms. The van der Waals surface area contributed by atoms with Crippen molar-refractivity contribution in [1.82, 2.24) is 4.98 Å². The Kier molecular flexibility index (Phi) is 4.65. The summed E-state index contributed by atoms with van der Waals surface area (Å²) >= 11 is 5.24. The summed E-state index contributed by atoms with van der Waals surface area (Å²) in [4.78, 5) is 26.3. The fourth-order valence-electron chi connectivity index (χ4n) is 1.45. The topological polar surface area (TPSA) is 85.1 Å². The number of carbonyl (C=O) groups excluding carboxylic acids is 1. The van der Waals surface area contributed by atoms with Crippen LogP contribution in [0.25, 0.3) is 0 Å². The molecule has 0 bridgehead atoms. The maximum atomic E-state index is 12.0. The van der Waals surface area contributed by atoms with Crippen LogP contribution in [0.3, 0.4) is 0 Å². The number of halogens is 2. The first-order valence-corrected chi connectivity index (χ1v) is 7.21. The highest BCUT2D eigenvalue weighted by Gasteiger charge is 2.14. The summed E-state index contributed by atoms with van der Waals surface area (Å²) in [6, 6.07) is 7.51. The lowest BCUT2D eigenvalue weighted by atomic mass is 10.2. The zero-order valence-corrected chi connectivity index (χ0v) is 13.6. The molecule has 102 valence electrons. The number of carbonyl (C=O) groups is 1. The van der Waals surface area contributed by atoms with Crippen LogP contribution in [0, 0.1) is 13.7 Å². The first-order valence-electron chi connectivity index (χ1n) is 5.33. The smallest absolute Gasteiger partial charge is 0.271 e. The molecule has 0 saturated heterocycles. The summed E-state index contributed by atoms with van der Waals surface area (Å²) in [5.41, 5.74) is 0.0338. The molecule has 1 heterocycles. The summed E-state index contributed by atoms with van der Waals surface area (Å²) in [6.45, 7) is 0. The number of anilines is 1. The molecule has 0 spiro atoms. The molecule has 0 fully saturated rings. The van der Waals surface area contributed by atoms with Crippen LogP contribution in [-0.2, 0) is 0 Å². The van der Waals surface area contributed by atoms with Gasteiger partial charge in [0, 0.05) is 31.9 Å². The van der Waals surface area contributed by atoms with E-state index in [2.05, 4.69) is 48.8 Å². The second-order valence-corrected chi connectivity index (χ2v) is 5.93. The van der Waals surface area contributed by atoms with Crippen molar-refractivity contribution in [3.8, 4) is 0 Å². The summed E-state index contributed by atoms with van der Waals surface area (Å²) in [5.74, 6) is -0.0684. The van der Waals surface area contributed by atoms with E-state index in [0.29, 0.717) is 10.3 Å². The Morgan fingerprint density at radius 2 is 2.10 bits per heavy atom. The number of pyridine rings is 1. The van der Waals surface area contributed by atoms with Crippen molar-refractivity contribution in [2.45, 2.75) is 0 Å². The van der Waals surface area contributed by atoms with Gasteiger partial charge in [-0.25, -0.2) is 4.98 Å². The molecule has 0 atom stereocenters. The highest BCUT2D eigenvalue weighted by atomic mass is 127. The Morgan fingerprint density at radius 1 is 1.35 bits per heavy atom. The maximum Gasteiger partial charge on any atom is 0.271 e. The first-order chi connectivity index (χ1) is 9.45. The van der Waals surface area contributed by atoms with Gasteiger partial charge < -0.3 is 5.32 Å². The number of rotatable bonds is 3. The molecule has 2 aromatic rings. The van der Waals surface area contributed by atoms with E-state index < -0.39 is 10.8 Å². The molecule has 0 aliphatic heterocycles. The molecule has 0 radical (unpaired) electrons. The Morgan fingerprint density at radius 3 is 2.70 bits per heavy atom. The van der Waals surface area contributed by atoms with Gasteiger partial charge in [0.2, 0.25) is 0 Å². The van der Waals surface area contributed by atoms with E-state index in [0.717, 1.165) is 3.57 Å². The van der Waals surface area contributed by atoms with Crippen molar-refractivity contribution < 1.29 is 9.72 Å². The average molecular weight is 448 g/mol. The van der Waals surface area contributed by atoms with Gasteiger partial charge in [0.1, 0.15) is 5.82 Å². The Hall–Kier alpha value is -1.55. The number of nitro groups is 1. The number of benzene rings is 1. The monoisotopic (exact) mass is 447 g/mol. The lowest BCUT2D eigenvalue weighted by Gasteiger charge is -2.05. The predicted octanol–water partition coefficient (Wildman–Crippen LogP) is 3.61. The van der Waals surface area contributed by atoms with Crippen LogP contribution >= 0.6 is 38.5 Å². The van der Waals surface area contributed by atoms with Gasteiger partial charge in [-0.1, -0.05) is 15.9 Å². The predicted molar refractivity (Wildman–Crippen MR) is 85.7 cm³/mol. The Bertz CT molecular complexity index is 676. The first kappa shape index (κ1) is 14.9. The molecular formula is C12H7BrIN3O3. The van der Waals surface area contributed by atoms with E-state index in [9.17, 15) is 14.9 Å². The standard InChI is InChI=1S/C12H7BrIN3O3/c13-8-3-7(4-10(5-8)17(19)20)12(18)16-11-2-1-9(14)6-15-11/h1-6H,(H,15,16,18). The lowest BCUT2D eigenvalue weighted by molar-refractivity contribution is -0.384. The van der Waals surface area contributed by atoms with Gasteiger partial charge in [0.05, 0.1) is 4.92 Å². The number of nitrogens with one attached hydrogen (secondary N) is 1. The highest BCUT2D eigenvalue weighted by Crippen LogP contribution is 2.22. The second kappa shape index (κ2) is 6.27. The van der Waals surface area contributed by atoms with E-state index in [1.165, 1.54) is 18.2 Å². The number of hydrogen-bond acceptors (Lipinski definition) is 4. The fourth-order valence-corrected chi connectivity index (χ4v) is 2.25. The summed E-state index contributed by atoms with van der Waals surface area (Å²) in [5, 5.41) is 13.3. The fraction of sp³-hybridized carbons (Fsp3) is 0. The molecular weight excluding hydrogens is 441 g/mol. The van der Waals surface area contributed by atoms with Crippen LogP contribution in [-0.4, -0.2) is 15.8 Å². The number of hydrogen-bond donors (Lipinski definition) is 1. The third-order valence-corrected chi connectivity index (χ3v) is 3.42. The quantitative estimate of drug-likeness (QED) is 0.442. The summed E-state index contributed by atoms with van der Waals surface area (Å²) in [7, 11) is 0. The summed E-state index contributed by atoms with van der Waals surface area (Å²) in [6.07, 6.45) is 1.61. The van der Waals surface area contributed by atoms with Crippen molar-refractivity contribution in [2.24, 2.45) is 0 Å². The Balaban J connectivity index is 2.25. The van der Waals surface area contributed by atoms with Crippen LogP contribution < -0.4 is 5.32 Å². The third-order valence-electron chi connectivity index (χ3n) is 2.32. The van der Waals surface area contributed by atoms with Crippen LogP contribution in [0.5, 0.6) is 0 Å². The van der Waals surface area contributed by atoms with E-state index in [4.69, 9.17) is 0 Å². The molecule has 6 nitrogen and oxygen atoms in total. The average Bonchev–Trinajstić information content (AvgIpc) is 2.40. The molecule has 1 amide bonds. The summed E-state index contributed by atoms with van der Waals surface area (Å²) < 4.78 is 1.41. The zero-order valence-electron chi connectivity index (χ0n) is 9.84.